The largest absolute Gasteiger partial charge is 0.232 e. The lowest BCUT2D eigenvalue weighted by Crippen LogP contribution is -1.96. The van der Waals surface area contributed by atoms with E-state index in [9.17, 15) is 0 Å². The van der Waals surface area contributed by atoms with Crippen molar-refractivity contribution in [2.75, 3.05) is 0 Å². The average Bonchev–Trinajstić information content (AvgIpc) is 2.74. The number of benzene rings is 2. The molecule has 3 rings (SSSR count). The van der Waals surface area contributed by atoms with Crippen molar-refractivity contribution < 1.29 is 0 Å². The first-order chi connectivity index (χ1) is 7.86. The van der Waals surface area contributed by atoms with Crippen LogP contribution in [0.2, 0.25) is 5.02 Å². The number of nitrogens with zero attached hydrogens (tertiary/aromatic N) is 2. The highest BCUT2D eigenvalue weighted by Gasteiger charge is 2.06. The molecule has 0 fully saturated rings. The van der Waals surface area contributed by atoms with Crippen molar-refractivity contribution in [1.29, 1.82) is 0 Å². The van der Waals surface area contributed by atoms with Gasteiger partial charge in [0.15, 0.2) is 0 Å². The van der Waals surface area contributed by atoms with Crippen LogP contribution in [-0.4, -0.2) is 9.78 Å². The number of halogens is 1. The second kappa shape index (κ2) is 3.65. The average molecular weight is 229 g/mol. The molecule has 2 aromatic carbocycles. The van der Waals surface area contributed by atoms with Gasteiger partial charge < -0.3 is 0 Å². The van der Waals surface area contributed by atoms with Crippen LogP contribution in [0.3, 0.4) is 0 Å². The van der Waals surface area contributed by atoms with E-state index < -0.39 is 0 Å². The molecule has 3 aromatic rings. The van der Waals surface area contributed by atoms with E-state index in [0.717, 1.165) is 16.6 Å². The fourth-order valence-electron chi connectivity index (χ4n) is 1.79. The van der Waals surface area contributed by atoms with Crippen molar-refractivity contribution in [1.82, 2.24) is 9.78 Å². The summed E-state index contributed by atoms with van der Waals surface area (Å²) in [6.07, 6.45) is 1.85. The van der Waals surface area contributed by atoms with Gasteiger partial charge in [0.25, 0.3) is 0 Å². The number of fused-ring (bicyclic) bond motifs is 1. The molecule has 0 aliphatic heterocycles. The molecule has 0 unspecified atom stereocenters. The van der Waals surface area contributed by atoms with Crippen LogP contribution >= 0.6 is 11.6 Å². The first-order valence-corrected chi connectivity index (χ1v) is 5.42. The first kappa shape index (κ1) is 9.43. The lowest BCUT2D eigenvalue weighted by molar-refractivity contribution is 0.911. The van der Waals surface area contributed by atoms with Crippen LogP contribution in [0.25, 0.3) is 16.6 Å². The molecule has 3 heteroatoms. The van der Waals surface area contributed by atoms with E-state index in [0.29, 0.717) is 5.02 Å². The highest BCUT2D eigenvalue weighted by molar-refractivity contribution is 6.32. The summed E-state index contributed by atoms with van der Waals surface area (Å²) in [5.74, 6) is 0. The third-order valence-corrected chi connectivity index (χ3v) is 2.88. The van der Waals surface area contributed by atoms with Gasteiger partial charge in [0.2, 0.25) is 0 Å². The molecular weight excluding hydrogens is 220 g/mol. The first-order valence-electron chi connectivity index (χ1n) is 5.04. The number of aromatic nitrogens is 2. The third kappa shape index (κ3) is 1.39. The Kier molecular flexibility index (Phi) is 2.15. The zero-order valence-electron chi connectivity index (χ0n) is 8.47. The minimum atomic E-state index is 0.705. The van der Waals surface area contributed by atoms with Crippen molar-refractivity contribution in [3.8, 4) is 5.69 Å². The van der Waals surface area contributed by atoms with E-state index in [1.54, 1.807) is 0 Å². The number of para-hydroxylation sites is 2. The topological polar surface area (TPSA) is 17.8 Å². The minimum absolute atomic E-state index is 0.705. The maximum absolute atomic E-state index is 6.16. The smallest absolute Gasteiger partial charge is 0.0839 e. The van der Waals surface area contributed by atoms with Crippen molar-refractivity contribution in [2.24, 2.45) is 0 Å². The molecule has 0 amide bonds. The van der Waals surface area contributed by atoms with Crippen LogP contribution in [0.5, 0.6) is 0 Å². The molecule has 16 heavy (non-hydrogen) atoms. The lowest BCUT2D eigenvalue weighted by Gasteiger charge is -2.05. The number of hydrogen-bond acceptors (Lipinski definition) is 1. The molecule has 0 N–H and O–H groups in total. The Balaban J connectivity index is 2.31. The molecule has 1 aromatic heterocycles. The van der Waals surface area contributed by atoms with Crippen LogP contribution < -0.4 is 0 Å². The van der Waals surface area contributed by atoms with E-state index in [1.807, 2.05) is 59.4 Å². The van der Waals surface area contributed by atoms with Crippen LogP contribution in [0, 0.1) is 0 Å². The van der Waals surface area contributed by atoms with E-state index >= 15 is 0 Å². The van der Waals surface area contributed by atoms with Crippen molar-refractivity contribution >= 4 is 22.5 Å². The fraction of sp³-hybridized carbons (Fsp3) is 0. The third-order valence-electron chi connectivity index (χ3n) is 2.56. The van der Waals surface area contributed by atoms with Gasteiger partial charge in [0.1, 0.15) is 0 Å². The Hall–Kier alpha value is -1.80. The van der Waals surface area contributed by atoms with Gasteiger partial charge >= 0.3 is 0 Å². The summed E-state index contributed by atoms with van der Waals surface area (Å²) in [7, 11) is 0. The van der Waals surface area contributed by atoms with Gasteiger partial charge in [-0.3, -0.25) is 0 Å². The van der Waals surface area contributed by atoms with E-state index in [4.69, 9.17) is 11.6 Å². The molecule has 0 aliphatic rings. The SMILES string of the molecule is Clc1ccccc1-n1ncc2ccccc21. The normalized spacial score (nSPS) is 10.8. The fourth-order valence-corrected chi connectivity index (χ4v) is 2.00. The summed E-state index contributed by atoms with van der Waals surface area (Å²) in [6.45, 7) is 0. The summed E-state index contributed by atoms with van der Waals surface area (Å²) in [5, 5.41) is 6.18. The summed E-state index contributed by atoms with van der Waals surface area (Å²) in [5.41, 5.74) is 1.97. The predicted octanol–water partition coefficient (Wildman–Crippen LogP) is 3.68. The Morgan fingerprint density at radius 2 is 1.69 bits per heavy atom. The van der Waals surface area contributed by atoms with Crippen molar-refractivity contribution in [2.45, 2.75) is 0 Å². The van der Waals surface area contributed by atoms with Crippen LogP contribution in [-0.2, 0) is 0 Å². The lowest BCUT2D eigenvalue weighted by atomic mass is 10.2. The summed E-state index contributed by atoms with van der Waals surface area (Å²) in [4.78, 5) is 0. The molecule has 0 aliphatic carbocycles. The van der Waals surface area contributed by atoms with Crippen LogP contribution in [0.15, 0.2) is 54.7 Å². The summed E-state index contributed by atoms with van der Waals surface area (Å²) >= 11 is 6.16. The molecule has 0 radical (unpaired) electrons. The Morgan fingerprint density at radius 1 is 0.938 bits per heavy atom. The number of hydrogen-bond donors (Lipinski definition) is 0. The molecule has 78 valence electrons. The highest BCUT2D eigenvalue weighted by Crippen LogP contribution is 2.23. The Morgan fingerprint density at radius 3 is 2.56 bits per heavy atom. The maximum atomic E-state index is 6.16. The highest BCUT2D eigenvalue weighted by atomic mass is 35.5. The zero-order chi connectivity index (χ0) is 11.0. The van der Waals surface area contributed by atoms with E-state index in [-0.39, 0.29) is 0 Å². The van der Waals surface area contributed by atoms with Gasteiger partial charge in [0.05, 0.1) is 22.4 Å². The summed E-state index contributed by atoms with van der Waals surface area (Å²) < 4.78 is 1.86. The molecule has 0 bridgehead atoms. The molecule has 0 atom stereocenters. The molecule has 1 heterocycles. The van der Waals surface area contributed by atoms with Crippen molar-refractivity contribution in [3.63, 3.8) is 0 Å². The van der Waals surface area contributed by atoms with Crippen LogP contribution in [0.1, 0.15) is 0 Å². The standard InChI is InChI=1S/C13H9ClN2/c14-11-6-2-4-8-13(11)16-12-7-3-1-5-10(12)9-15-16/h1-9H. The minimum Gasteiger partial charge on any atom is -0.232 e. The second-order valence-electron chi connectivity index (χ2n) is 3.57. The molecule has 2 nitrogen and oxygen atoms in total. The van der Waals surface area contributed by atoms with Crippen molar-refractivity contribution in [3.05, 3.63) is 59.8 Å². The second-order valence-corrected chi connectivity index (χ2v) is 3.97. The monoisotopic (exact) mass is 228 g/mol. The Bertz CT molecular complexity index is 643. The van der Waals surface area contributed by atoms with E-state index in [1.165, 1.54) is 0 Å². The van der Waals surface area contributed by atoms with E-state index in [2.05, 4.69) is 5.10 Å². The maximum Gasteiger partial charge on any atom is 0.0839 e. The number of rotatable bonds is 1. The Labute approximate surface area is 98.1 Å². The zero-order valence-corrected chi connectivity index (χ0v) is 9.22. The van der Waals surface area contributed by atoms with Crippen LogP contribution in [0.4, 0.5) is 0 Å². The quantitative estimate of drug-likeness (QED) is 0.621. The van der Waals surface area contributed by atoms with Gasteiger partial charge in [-0.15, -0.1) is 0 Å². The predicted molar refractivity (Wildman–Crippen MR) is 66.1 cm³/mol. The van der Waals surface area contributed by atoms with Gasteiger partial charge in [0, 0.05) is 5.39 Å². The molecule has 0 saturated heterocycles. The van der Waals surface area contributed by atoms with Gasteiger partial charge in [-0.2, -0.15) is 5.10 Å². The molecule has 0 saturated carbocycles. The van der Waals surface area contributed by atoms with Gasteiger partial charge in [-0.1, -0.05) is 41.9 Å². The van der Waals surface area contributed by atoms with Gasteiger partial charge in [-0.05, 0) is 18.2 Å². The molecule has 0 spiro atoms. The van der Waals surface area contributed by atoms with Gasteiger partial charge in [-0.25, -0.2) is 4.68 Å². The summed E-state index contributed by atoms with van der Waals surface area (Å²) in [6, 6.07) is 15.8. The molecular formula is C13H9ClN2.